The van der Waals surface area contributed by atoms with Crippen LogP contribution in [0, 0.1) is 5.53 Å². The molecule has 0 atom stereocenters. The predicted octanol–water partition coefficient (Wildman–Crippen LogP) is 4.04. The van der Waals surface area contributed by atoms with Crippen LogP contribution in [0.5, 0.6) is 0 Å². The van der Waals surface area contributed by atoms with Gasteiger partial charge in [-0.1, -0.05) is 29.8 Å². The number of benzene rings is 1. The van der Waals surface area contributed by atoms with Crippen molar-refractivity contribution in [3.05, 3.63) is 76.8 Å². The van der Waals surface area contributed by atoms with Crippen LogP contribution in [0.4, 0.5) is 5.95 Å². The summed E-state index contributed by atoms with van der Waals surface area (Å²) in [5.41, 5.74) is 17.2. The van der Waals surface area contributed by atoms with E-state index in [0.717, 1.165) is 17.0 Å². The number of nitrogen functional groups attached to an aromatic ring is 1. The second-order valence-electron chi connectivity index (χ2n) is 6.08. The number of halogens is 1. The molecule has 0 aliphatic heterocycles. The maximum absolute atomic E-state index is 7.51. The molecule has 29 heavy (non-hydrogen) atoms. The molecule has 2 aromatic heterocycles. The van der Waals surface area contributed by atoms with E-state index < -0.39 is 0 Å². The quantitative estimate of drug-likeness (QED) is 0.482. The van der Waals surface area contributed by atoms with Crippen molar-refractivity contribution in [3.63, 3.8) is 0 Å². The zero-order valence-corrected chi connectivity index (χ0v) is 16.5. The van der Waals surface area contributed by atoms with Gasteiger partial charge in [0.15, 0.2) is 0 Å². The van der Waals surface area contributed by atoms with Crippen molar-refractivity contribution in [1.29, 1.82) is 5.53 Å². The molecule has 0 bridgehead atoms. The highest BCUT2D eigenvalue weighted by Crippen LogP contribution is 2.24. The molecular weight excluding hydrogens is 390 g/mol. The third-order valence-electron chi connectivity index (χ3n) is 3.93. The van der Waals surface area contributed by atoms with Crippen molar-refractivity contribution in [2.45, 2.75) is 13.2 Å². The number of ether oxygens (including phenoxy) is 1. The van der Waals surface area contributed by atoms with Gasteiger partial charge in [0.2, 0.25) is 5.95 Å². The lowest BCUT2D eigenvalue weighted by Crippen LogP contribution is -2.09. The van der Waals surface area contributed by atoms with Gasteiger partial charge in [-0.15, -0.1) is 0 Å². The van der Waals surface area contributed by atoms with Crippen LogP contribution >= 0.6 is 11.6 Å². The molecular formula is C20H20ClN7O. The zero-order valence-electron chi connectivity index (χ0n) is 15.8. The third-order valence-corrected chi connectivity index (χ3v) is 4.16. The maximum Gasteiger partial charge on any atom is 0.221 e. The normalized spacial score (nSPS) is 11.3. The summed E-state index contributed by atoms with van der Waals surface area (Å²) in [6.07, 6.45) is 1.60. The summed E-state index contributed by atoms with van der Waals surface area (Å²) >= 11 is 6.06. The Morgan fingerprint density at radius 3 is 2.72 bits per heavy atom. The Balaban J connectivity index is 1.80. The Hall–Kier alpha value is -3.36. The highest BCUT2D eigenvalue weighted by atomic mass is 35.5. The molecule has 0 amide bonds. The maximum atomic E-state index is 7.51. The molecule has 148 valence electrons. The molecule has 0 aliphatic rings. The highest BCUT2D eigenvalue weighted by Gasteiger charge is 2.09. The smallest absolute Gasteiger partial charge is 0.221 e. The number of nitrogens with one attached hydrogen (secondary N) is 2. The van der Waals surface area contributed by atoms with E-state index in [2.05, 4.69) is 25.4 Å². The second-order valence-corrected chi connectivity index (χ2v) is 6.52. The summed E-state index contributed by atoms with van der Waals surface area (Å²) in [4.78, 5) is 12.9. The van der Waals surface area contributed by atoms with Gasteiger partial charge in [-0.3, -0.25) is 4.98 Å². The van der Waals surface area contributed by atoms with Gasteiger partial charge in [0.25, 0.3) is 0 Å². The van der Waals surface area contributed by atoms with E-state index in [1.165, 1.54) is 0 Å². The fourth-order valence-corrected chi connectivity index (χ4v) is 2.85. The van der Waals surface area contributed by atoms with Crippen LogP contribution in [-0.2, 0) is 17.9 Å². The first kappa shape index (κ1) is 20.4. The predicted molar refractivity (Wildman–Crippen MR) is 112 cm³/mol. The van der Waals surface area contributed by atoms with E-state index in [1.807, 2.05) is 30.3 Å². The first-order valence-electron chi connectivity index (χ1n) is 8.74. The van der Waals surface area contributed by atoms with Gasteiger partial charge in [0.1, 0.15) is 5.70 Å². The van der Waals surface area contributed by atoms with E-state index in [-0.39, 0.29) is 5.95 Å². The summed E-state index contributed by atoms with van der Waals surface area (Å²) in [5.74, 6) is 0.0842. The molecule has 0 saturated carbocycles. The van der Waals surface area contributed by atoms with Gasteiger partial charge in [-0.2, -0.15) is 5.11 Å². The summed E-state index contributed by atoms with van der Waals surface area (Å²) in [6, 6.07) is 14.7. The fourth-order valence-electron chi connectivity index (χ4n) is 2.66. The molecule has 0 aliphatic carbocycles. The van der Waals surface area contributed by atoms with E-state index in [1.54, 1.807) is 31.5 Å². The Bertz CT molecular complexity index is 1040. The second kappa shape index (κ2) is 9.72. The third kappa shape index (κ3) is 5.56. The number of anilines is 1. The Morgan fingerprint density at radius 2 is 1.97 bits per heavy atom. The number of hydrogen-bond acceptors (Lipinski definition) is 8. The fraction of sp³-hybridized carbons (Fsp3) is 0.150. The van der Waals surface area contributed by atoms with Crippen LogP contribution in [0.3, 0.4) is 0 Å². The number of methoxy groups -OCH3 is 1. The lowest BCUT2D eigenvalue weighted by Gasteiger charge is -2.08. The average molecular weight is 410 g/mol. The molecule has 3 rings (SSSR count). The SMILES string of the molecule is COCc1cccc(CN/C=C(\N=N)c2cc(-c3cccc(Cl)c3)nc(N)n2)n1. The van der Waals surface area contributed by atoms with E-state index in [0.29, 0.717) is 35.3 Å². The van der Waals surface area contributed by atoms with E-state index in [9.17, 15) is 0 Å². The summed E-state index contributed by atoms with van der Waals surface area (Å²) in [7, 11) is 1.63. The van der Waals surface area contributed by atoms with Crippen LogP contribution < -0.4 is 11.1 Å². The summed E-state index contributed by atoms with van der Waals surface area (Å²) < 4.78 is 5.10. The van der Waals surface area contributed by atoms with Gasteiger partial charge in [-0.05, 0) is 30.3 Å². The van der Waals surface area contributed by atoms with Crippen LogP contribution in [0.1, 0.15) is 17.1 Å². The van der Waals surface area contributed by atoms with Gasteiger partial charge in [0, 0.05) is 23.9 Å². The van der Waals surface area contributed by atoms with Crippen molar-refractivity contribution in [3.8, 4) is 11.3 Å². The molecule has 8 nitrogen and oxygen atoms in total. The molecule has 0 saturated heterocycles. The lowest BCUT2D eigenvalue weighted by atomic mass is 10.1. The van der Waals surface area contributed by atoms with Crippen molar-refractivity contribution in [2.75, 3.05) is 12.8 Å². The minimum atomic E-state index is 0.0842. The van der Waals surface area contributed by atoms with Crippen LogP contribution in [0.2, 0.25) is 5.02 Å². The minimum absolute atomic E-state index is 0.0842. The number of pyridine rings is 1. The molecule has 0 fully saturated rings. The Kier molecular flexibility index (Phi) is 6.83. The first-order chi connectivity index (χ1) is 14.1. The molecule has 9 heteroatoms. The standard InChI is InChI=1S/C20H20ClN7O/c1-29-12-16-7-3-6-15(25-16)10-24-11-19(28-23)18-9-17(26-20(22)27-18)13-4-2-5-14(21)8-13/h2-9,11,23-24H,10,12H2,1H3,(H2,22,26,27)/b19-11-,28-23?. The first-order valence-corrected chi connectivity index (χ1v) is 9.12. The Morgan fingerprint density at radius 1 is 1.17 bits per heavy atom. The average Bonchev–Trinajstić information content (AvgIpc) is 2.71. The van der Waals surface area contributed by atoms with Crippen LogP contribution in [0.15, 0.2) is 59.8 Å². The summed E-state index contributed by atoms with van der Waals surface area (Å²) in [6.45, 7) is 0.905. The molecule has 0 unspecified atom stereocenters. The van der Waals surface area contributed by atoms with Gasteiger partial charge < -0.3 is 15.8 Å². The number of nitrogens with zero attached hydrogens (tertiary/aromatic N) is 4. The topological polar surface area (TPSA) is 122 Å². The van der Waals surface area contributed by atoms with Gasteiger partial charge in [-0.25, -0.2) is 15.5 Å². The molecule has 1 aromatic carbocycles. The molecule has 0 radical (unpaired) electrons. The number of rotatable bonds is 8. The van der Waals surface area contributed by atoms with Crippen molar-refractivity contribution < 1.29 is 4.74 Å². The van der Waals surface area contributed by atoms with E-state index in [4.69, 9.17) is 27.6 Å². The van der Waals surface area contributed by atoms with Crippen molar-refractivity contribution in [1.82, 2.24) is 20.3 Å². The lowest BCUT2D eigenvalue weighted by molar-refractivity contribution is 0.181. The minimum Gasteiger partial charge on any atom is -0.383 e. The van der Waals surface area contributed by atoms with Crippen LogP contribution in [0.25, 0.3) is 17.0 Å². The molecule has 2 heterocycles. The molecule has 4 N–H and O–H groups in total. The Labute approximate surface area is 173 Å². The highest BCUT2D eigenvalue weighted by molar-refractivity contribution is 6.30. The summed E-state index contributed by atoms with van der Waals surface area (Å²) in [5, 5.41) is 7.26. The monoisotopic (exact) mass is 409 g/mol. The van der Waals surface area contributed by atoms with Crippen molar-refractivity contribution in [2.24, 2.45) is 5.11 Å². The number of hydrogen-bond donors (Lipinski definition) is 3. The zero-order chi connectivity index (χ0) is 20.6. The largest absolute Gasteiger partial charge is 0.383 e. The van der Waals surface area contributed by atoms with Gasteiger partial charge in [0.05, 0.1) is 35.9 Å². The molecule has 3 aromatic rings. The van der Waals surface area contributed by atoms with Gasteiger partial charge >= 0.3 is 0 Å². The van der Waals surface area contributed by atoms with Crippen molar-refractivity contribution >= 4 is 23.2 Å². The van der Waals surface area contributed by atoms with Crippen LogP contribution in [-0.4, -0.2) is 22.1 Å². The number of nitrogens with two attached hydrogens (primary N) is 1. The van der Waals surface area contributed by atoms with E-state index >= 15 is 0 Å². The number of aromatic nitrogens is 3. The molecule has 0 spiro atoms.